The molecule has 0 N–H and O–H groups in total. The second kappa shape index (κ2) is 8.27. The fourth-order valence-corrected chi connectivity index (χ4v) is 4.82. The summed E-state index contributed by atoms with van der Waals surface area (Å²) < 4.78 is 6.62. The SMILES string of the molecule is C=NN=CC1=CC(c2ccccc2)=C2Oc3ccccc3C=C2C1(CC)c1ccccc1. The van der Waals surface area contributed by atoms with Crippen molar-refractivity contribution in [1.82, 2.24) is 0 Å². The molecule has 2 aliphatic rings. The average Bonchev–Trinajstić information content (AvgIpc) is 2.87. The number of fused-ring (bicyclic) bond motifs is 2. The van der Waals surface area contributed by atoms with Gasteiger partial charge in [-0.2, -0.15) is 10.2 Å². The summed E-state index contributed by atoms with van der Waals surface area (Å²) >= 11 is 0. The molecule has 32 heavy (non-hydrogen) atoms. The zero-order chi connectivity index (χ0) is 22.0. The van der Waals surface area contributed by atoms with Crippen molar-refractivity contribution in [3.05, 3.63) is 125 Å². The van der Waals surface area contributed by atoms with Crippen molar-refractivity contribution in [2.75, 3.05) is 0 Å². The molecule has 0 saturated carbocycles. The van der Waals surface area contributed by atoms with E-state index in [4.69, 9.17) is 4.74 Å². The summed E-state index contributed by atoms with van der Waals surface area (Å²) in [5.74, 6) is 1.76. The van der Waals surface area contributed by atoms with Gasteiger partial charge < -0.3 is 4.74 Å². The van der Waals surface area contributed by atoms with E-state index in [1.165, 1.54) is 5.56 Å². The normalized spacial score (nSPS) is 19.5. The number of rotatable bonds is 5. The maximum absolute atomic E-state index is 6.62. The van der Waals surface area contributed by atoms with Crippen LogP contribution in [-0.4, -0.2) is 12.9 Å². The molecule has 1 aliphatic heterocycles. The number of nitrogens with zero attached hydrogens (tertiary/aromatic N) is 2. The number of allylic oxidation sites excluding steroid dienone is 4. The monoisotopic (exact) mass is 416 g/mol. The Kier molecular flexibility index (Phi) is 5.16. The Morgan fingerprint density at radius 1 is 0.875 bits per heavy atom. The minimum Gasteiger partial charge on any atom is -0.456 e. The first-order valence-corrected chi connectivity index (χ1v) is 10.8. The van der Waals surface area contributed by atoms with Gasteiger partial charge >= 0.3 is 0 Å². The Labute approximate surface area is 188 Å². The van der Waals surface area contributed by atoms with Gasteiger partial charge in [0.05, 0.1) is 11.6 Å². The van der Waals surface area contributed by atoms with Crippen LogP contribution in [-0.2, 0) is 5.41 Å². The molecular formula is C29H24N2O. The molecule has 1 aliphatic carbocycles. The molecule has 3 aromatic rings. The van der Waals surface area contributed by atoms with Crippen LogP contribution in [0.2, 0.25) is 0 Å². The summed E-state index contributed by atoms with van der Waals surface area (Å²) in [6, 6.07) is 29.1. The zero-order valence-electron chi connectivity index (χ0n) is 18.0. The van der Waals surface area contributed by atoms with Crippen LogP contribution < -0.4 is 4.74 Å². The van der Waals surface area contributed by atoms with Crippen LogP contribution in [0, 0.1) is 0 Å². The van der Waals surface area contributed by atoms with Crippen LogP contribution in [0.1, 0.15) is 30.0 Å². The summed E-state index contributed by atoms with van der Waals surface area (Å²) in [6.07, 6.45) is 7.15. The number of benzene rings is 3. The summed E-state index contributed by atoms with van der Waals surface area (Å²) in [4.78, 5) is 0. The van der Waals surface area contributed by atoms with E-state index in [9.17, 15) is 0 Å². The molecule has 0 bridgehead atoms. The maximum atomic E-state index is 6.62. The molecule has 3 heteroatoms. The van der Waals surface area contributed by atoms with E-state index >= 15 is 0 Å². The fourth-order valence-electron chi connectivity index (χ4n) is 4.82. The predicted molar refractivity (Wildman–Crippen MR) is 133 cm³/mol. The molecule has 1 heterocycles. The average molecular weight is 417 g/mol. The lowest BCUT2D eigenvalue weighted by atomic mass is 9.62. The van der Waals surface area contributed by atoms with Crippen molar-refractivity contribution in [3.63, 3.8) is 0 Å². The highest BCUT2D eigenvalue weighted by molar-refractivity contribution is 5.97. The van der Waals surface area contributed by atoms with Gasteiger partial charge in [0.2, 0.25) is 0 Å². The second-order valence-electron chi connectivity index (χ2n) is 7.92. The van der Waals surface area contributed by atoms with Crippen molar-refractivity contribution < 1.29 is 4.74 Å². The first kappa shape index (κ1) is 20.0. The topological polar surface area (TPSA) is 34.0 Å². The Morgan fingerprint density at radius 2 is 1.56 bits per heavy atom. The van der Waals surface area contributed by atoms with Gasteiger partial charge in [0.25, 0.3) is 0 Å². The van der Waals surface area contributed by atoms with E-state index in [1.54, 1.807) is 0 Å². The molecule has 0 radical (unpaired) electrons. The molecule has 3 nitrogen and oxygen atoms in total. The minimum atomic E-state index is -0.420. The van der Waals surface area contributed by atoms with Crippen molar-refractivity contribution in [2.24, 2.45) is 10.2 Å². The minimum absolute atomic E-state index is 0.420. The largest absolute Gasteiger partial charge is 0.456 e. The Balaban J connectivity index is 1.87. The van der Waals surface area contributed by atoms with Crippen molar-refractivity contribution in [1.29, 1.82) is 0 Å². The molecular weight excluding hydrogens is 392 g/mol. The van der Waals surface area contributed by atoms with Gasteiger partial charge in [-0.15, -0.1) is 0 Å². The number of hydrogen-bond donors (Lipinski definition) is 0. The maximum Gasteiger partial charge on any atom is 0.139 e. The van der Waals surface area contributed by atoms with E-state index in [1.807, 2.05) is 36.5 Å². The van der Waals surface area contributed by atoms with Crippen molar-refractivity contribution in [2.45, 2.75) is 18.8 Å². The predicted octanol–water partition coefficient (Wildman–Crippen LogP) is 6.85. The van der Waals surface area contributed by atoms with Gasteiger partial charge in [-0.1, -0.05) is 85.8 Å². The van der Waals surface area contributed by atoms with Gasteiger partial charge in [0.1, 0.15) is 11.5 Å². The van der Waals surface area contributed by atoms with Gasteiger partial charge in [-0.05, 0) is 41.3 Å². The second-order valence-corrected chi connectivity index (χ2v) is 7.92. The number of hydrogen-bond acceptors (Lipinski definition) is 3. The first-order valence-electron chi connectivity index (χ1n) is 10.8. The molecule has 156 valence electrons. The molecule has 0 fully saturated rings. The van der Waals surface area contributed by atoms with E-state index in [2.05, 4.69) is 90.6 Å². The number of para-hydroxylation sites is 1. The molecule has 0 spiro atoms. The molecule has 0 aromatic heterocycles. The molecule has 1 unspecified atom stereocenters. The molecule has 3 aromatic carbocycles. The third kappa shape index (κ3) is 3.14. The Bertz CT molecular complexity index is 1280. The van der Waals surface area contributed by atoms with Crippen LogP contribution in [0.4, 0.5) is 0 Å². The summed E-state index contributed by atoms with van der Waals surface area (Å²) in [5.41, 5.74) is 6.19. The summed E-state index contributed by atoms with van der Waals surface area (Å²) in [7, 11) is 0. The van der Waals surface area contributed by atoms with Gasteiger partial charge in [0.15, 0.2) is 0 Å². The highest BCUT2D eigenvalue weighted by Gasteiger charge is 2.45. The zero-order valence-corrected chi connectivity index (χ0v) is 18.0. The lowest BCUT2D eigenvalue weighted by molar-refractivity contribution is 0.405. The third-order valence-corrected chi connectivity index (χ3v) is 6.33. The molecule has 0 amide bonds. The first-order chi connectivity index (χ1) is 15.8. The van der Waals surface area contributed by atoms with Crippen LogP contribution in [0.5, 0.6) is 5.75 Å². The Morgan fingerprint density at radius 3 is 2.28 bits per heavy atom. The standard InChI is InChI=1S/C29H24N2O/c1-3-29(23-15-8-5-9-16-23)24(20-31-30-2)19-25(21-12-6-4-7-13-21)28-26(29)18-22-14-10-11-17-27(22)32-28/h4-20H,2-3H2,1H3. The van der Waals surface area contributed by atoms with E-state index < -0.39 is 5.41 Å². The van der Waals surface area contributed by atoms with E-state index in [-0.39, 0.29) is 0 Å². The summed E-state index contributed by atoms with van der Waals surface area (Å²) in [6.45, 7) is 5.76. The van der Waals surface area contributed by atoms with E-state index in [0.717, 1.165) is 45.8 Å². The molecule has 0 saturated heterocycles. The smallest absolute Gasteiger partial charge is 0.139 e. The molecule has 1 atom stereocenters. The lowest BCUT2D eigenvalue weighted by Crippen LogP contribution is -2.36. The number of ether oxygens (including phenoxy) is 1. The highest BCUT2D eigenvalue weighted by Crippen LogP contribution is 2.53. The highest BCUT2D eigenvalue weighted by atomic mass is 16.5. The third-order valence-electron chi connectivity index (χ3n) is 6.33. The Hall–Kier alpha value is -3.98. The molecule has 5 rings (SSSR count). The van der Waals surface area contributed by atoms with Gasteiger partial charge in [0, 0.05) is 23.4 Å². The quantitative estimate of drug-likeness (QED) is 0.331. The lowest BCUT2D eigenvalue weighted by Gasteiger charge is -2.42. The van der Waals surface area contributed by atoms with Crippen LogP contribution >= 0.6 is 0 Å². The van der Waals surface area contributed by atoms with Crippen LogP contribution in [0.25, 0.3) is 11.6 Å². The van der Waals surface area contributed by atoms with Crippen LogP contribution in [0.3, 0.4) is 0 Å². The van der Waals surface area contributed by atoms with Gasteiger partial charge in [-0.25, -0.2) is 0 Å². The van der Waals surface area contributed by atoms with Crippen molar-refractivity contribution in [3.8, 4) is 5.75 Å². The van der Waals surface area contributed by atoms with Crippen LogP contribution in [0.15, 0.2) is 118 Å². The summed E-state index contributed by atoms with van der Waals surface area (Å²) in [5, 5.41) is 7.98. The van der Waals surface area contributed by atoms with E-state index in [0.29, 0.717) is 0 Å². The van der Waals surface area contributed by atoms with Crippen molar-refractivity contribution >= 4 is 24.6 Å². The van der Waals surface area contributed by atoms with Gasteiger partial charge in [-0.3, -0.25) is 0 Å². The fraction of sp³-hybridized carbons (Fsp3) is 0.103.